The molecule has 0 fully saturated rings. The van der Waals surface area contributed by atoms with E-state index >= 15 is 0 Å². The van der Waals surface area contributed by atoms with Crippen LogP contribution >= 0.6 is 11.3 Å². The molecule has 19 heavy (non-hydrogen) atoms. The second kappa shape index (κ2) is 5.52. The molecule has 0 aliphatic heterocycles. The summed E-state index contributed by atoms with van der Waals surface area (Å²) in [6.45, 7) is 7.76. The lowest BCUT2D eigenvalue weighted by atomic mass is 10.2. The van der Waals surface area contributed by atoms with Crippen LogP contribution in [0.3, 0.4) is 0 Å². The predicted octanol–water partition coefficient (Wildman–Crippen LogP) is 2.93. The van der Waals surface area contributed by atoms with Gasteiger partial charge in [0.25, 0.3) is 0 Å². The Hall–Kier alpha value is -1.69. The lowest BCUT2D eigenvalue weighted by molar-refractivity contribution is 0.0701. The molecule has 2 heterocycles. The van der Waals surface area contributed by atoms with E-state index in [0.29, 0.717) is 4.88 Å². The smallest absolute Gasteiger partial charge is 0.346 e. The molecule has 0 amide bonds. The van der Waals surface area contributed by atoms with Gasteiger partial charge in [0.2, 0.25) is 0 Å². The average molecular weight is 279 g/mol. The van der Waals surface area contributed by atoms with Gasteiger partial charge in [-0.25, -0.2) is 14.8 Å². The summed E-state index contributed by atoms with van der Waals surface area (Å²) in [6.07, 6.45) is 2.53. The van der Waals surface area contributed by atoms with Crippen LogP contribution in [0.1, 0.15) is 35.5 Å². The molecule has 0 aliphatic rings. The van der Waals surface area contributed by atoms with E-state index in [1.165, 1.54) is 17.7 Å². The standard InChI is InChI=1S/C13H17N3O2S/c1-4-6-16(5-2)11-9-8(3)10(13(17)18)19-12(9)15-7-14-11/h7H,4-6H2,1-3H3,(H,17,18). The molecule has 0 saturated carbocycles. The lowest BCUT2D eigenvalue weighted by Gasteiger charge is -2.21. The maximum absolute atomic E-state index is 11.2. The van der Waals surface area contributed by atoms with Gasteiger partial charge in [0, 0.05) is 13.1 Å². The van der Waals surface area contributed by atoms with Gasteiger partial charge in [-0.1, -0.05) is 6.92 Å². The first kappa shape index (κ1) is 13.7. The number of fused-ring (bicyclic) bond motifs is 1. The van der Waals surface area contributed by atoms with E-state index in [9.17, 15) is 9.90 Å². The minimum absolute atomic E-state index is 0.351. The quantitative estimate of drug-likeness (QED) is 0.911. The predicted molar refractivity (Wildman–Crippen MR) is 77.3 cm³/mol. The molecule has 6 heteroatoms. The van der Waals surface area contributed by atoms with Gasteiger partial charge in [-0.15, -0.1) is 11.3 Å². The number of aromatic carboxylic acids is 1. The van der Waals surface area contributed by atoms with Gasteiger partial charge in [0.1, 0.15) is 21.9 Å². The van der Waals surface area contributed by atoms with E-state index in [-0.39, 0.29) is 0 Å². The van der Waals surface area contributed by atoms with Crippen LogP contribution in [0.5, 0.6) is 0 Å². The Bertz CT molecular complexity index is 609. The second-order valence-electron chi connectivity index (χ2n) is 4.32. The number of hydrogen-bond acceptors (Lipinski definition) is 5. The zero-order valence-corrected chi connectivity index (χ0v) is 12.1. The highest BCUT2D eigenvalue weighted by atomic mass is 32.1. The summed E-state index contributed by atoms with van der Waals surface area (Å²) in [7, 11) is 0. The van der Waals surface area contributed by atoms with Crippen molar-refractivity contribution in [2.45, 2.75) is 27.2 Å². The third kappa shape index (κ3) is 2.40. The first-order valence-electron chi connectivity index (χ1n) is 6.32. The minimum Gasteiger partial charge on any atom is -0.477 e. The largest absolute Gasteiger partial charge is 0.477 e. The Morgan fingerprint density at radius 1 is 1.42 bits per heavy atom. The van der Waals surface area contributed by atoms with Crippen molar-refractivity contribution >= 4 is 33.3 Å². The van der Waals surface area contributed by atoms with Gasteiger partial charge in [-0.2, -0.15) is 0 Å². The van der Waals surface area contributed by atoms with E-state index in [4.69, 9.17) is 0 Å². The number of carboxylic acids is 1. The van der Waals surface area contributed by atoms with Crippen molar-refractivity contribution in [3.05, 3.63) is 16.8 Å². The highest BCUT2D eigenvalue weighted by molar-refractivity contribution is 7.20. The van der Waals surface area contributed by atoms with Crippen molar-refractivity contribution < 1.29 is 9.90 Å². The van der Waals surface area contributed by atoms with E-state index in [1.54, 1.807) is 0 Å². The van der Waals surface area contributed by atoms with Gasteiger partial charge in [0.15, 0.2) is 0 Å². The lowest BCUT2D eigenvalue weighted by Crippen LogP contribution is -2.24. The number of aryl methyl sites for hydroxylation is 1. The van der Waals surface area contributed by atoms with Gasteiger partial charge in [-0.3, -0.25) is 0 Å². The molecule has 0 saturated heterocycles. The fourth-order valence-corrected chi connectivity index (χ4v) is 3.16. The van der Waals surface area contributed by atoms with Gasteiger partial charge in [0.05, 0.1) is 5.39 Å². The summed E-state index contributed by atoms with van der Waals surface area (Å²) in [5.41, 5.74) is 0.762. The van der Waals surface area contributed by atoms with E-state index < -0.39 is 5.97 Å². The molecule has 5 nitrogen and oxygen atoms in total. The Kier molecular flexibility index (Phi) is 3.99. The van der Waals surface area contributed by atoms with Crippen LogP contribution in [0.4, 0.5) is 5.82 Å². The molecular weight excluding hydrogens is 262 g/mol. The van der Waals surface area contributed by atoms with E-state index in [0.717, 1.165) is 41.1 Å². The molecular formula is C13H17N3O2S. The van der Waals surface area contributed by atoms with Crippen LogP contribution in [0.2, 0.25) is 0 Å². The summed E-state index contributed by atoms with van der Waals surface area (Å²) >= 11 is 1.21. The van der Waals surface area contributed by atoms with Crippen LogP contribution in [0.25, 0.3) is 10.2 Å². The first-order chi connectivity index (χ1) is 9.10. The number of thiophene rings is 1. The number of carbonyl (C=O) groups is 1. The number of aromatic nitrogens is 2. The van der Waals surface area contributed by atoms with Crippen molar-refractivity contribution in [3.8, 4) is 0 Å². The fourth-order valence-electron chi connectivity index (χ4n) is 2.18. The zero-order valence-electron chi connectivity index (χ0n) is 11.3. The maximum atomic E-state index is 11.2. The number of hydrogen-bond donors (Lipinski definition) is 1. The van der Waals surface area contributed by atoms with Crippen LogP contribution in [-0.2, 0) is 0 Å². The monoisotopic (exact) mass is 279 g/mol. The topological polar surface area (TPSA) is 66.3 Å². The molecule has 1 N–H and O–H groups in total. The molecule has 2 aromatic rings. The highest BCUT2D eigenvalue weighted by Crippen LogP contribution is 2.34. The Morgan fingerprint density at radius 3 is 2.74 bits per heavy atom. The van der Waals surface area contributed by atoms with Crippen LogP contribution in [0.15, 0.2) is 6.33 Å². The highest BCUT2D eigenvalue weighted by Gasteiger charge is 2.20. The summed E-state index contributed by atoms with van der Waals surface area (Å²) < 4.78 is 0. The Labute approximate surface area is 115 Å². The number of nitrogens with zero attached hydrogens (tertiary/aromatic N) is 3. The minimum atomic E-state index is -0.898. The third-order valence-corrected chi connectivity index (χ3v) is 4.26. The van der Waals surface area contributed by atoms with Crippen molar-refractivity contribution in [1.82, 2.24) is 9.97 Å². The number of carboxylic acid groups (broad SMARTS) is 1. The molecule has 0 aliphatic carbocycles. The average Bonchev–Trinajstić information content (AvgIpc) is 2.74. The zero-order chi connectivity index (χ0) is 14.0. The summed E-state index contributed by atoms with van der Waals surface area (Å²) in [6, 6.07) is 0. The molecule has 0 radical (unpaired) electrons. The van der Waals surface area contributed by atoms with E-state index in [2.05, 4.69) is 28.7 Å². The third-order valence-electron chi connectivity index (χ3n) is 3.08. The van der Waals surface area contributed by atoms with E-state index in [1.807, 2.05) is 6.92 Å². The van der Waals surface area contributed by atoms with Crippen molar-refractivity contribution in [2.75, 3.05) is 18.0 Å². The molecule has 0 spiro atoms. The summed E-state index contributed by atoms with van der Waals surface area (Å²) in [5, 5.41) is 10.1. The first-order valence-corrected chi connectivity index (χ1v) is 7.14. The molecule has 0 aromatic carbocycles. The van der Waals surface area contributed by atoms with Crippen LogP contribution in [0, 0.1) is 6.92 Å². The normalized spacial score (nSPS) is 10.9. The summed E-state index contributed by atoms with van der Waals surface area (Å²) in [4.78, 5) is 23.0. The molecule has 102 valence electrons. The van der Waals surface area contributed by atoms with Crippen LogP contribution < -0.4 is 4.90 Å². The van der Waals surface area contributed by atoms with Crippen molar-refractivity contribution in [1.29, 1.82) is 0 Å². The SMILES string of the molecule is CCCN(CC)c1ncnc2sc(C(=O)O)c(C)c12. The second-order valence-corrected chi connectivity index (χ2v) is 5.32. The van der Waals surface area contributed by atoms with Gasteiger partial charge >= 0.3 is 5.97 Å². The molecule has 2 rings (SSSR count). The maximum Gasteiger partial charge on any atom is 0.346 e. The van der Waals surface area contributed by atoms with Crippen molar-refractivity contribution in [3.63, 3.8) is 0 Å². The molecule has 0 atom stereocenters. The van der Waals surface area contributed by atoms with Gasteiger partial charge < -0.3 is 10.0 Å². The summed E-state index contributed by atoms with van der Waals surface area (Å²) in [5.74, 6) is -0.0550. The number of anilines is 1. The van der Waals surface area contributed by atoms with Crippen LogP contribution in [-0.4, -0.2) is 34.1 Å². The van der Waals surface area contributed by atoms with Gasteiger partial charge in [-0.05, 0) is 25.8 Å². The van der Waals surface area contributed by atoms with Crippen molar-refractivity contribution in [2.24, 2.45) is 0 Å². The molecule has 0 unspecified atom stereocenters. The Morgan fingerprint density at radius 2 is 2.16 bits per heavy atom. The molecule has 0 bridgehead atoms. The number of rotatable bonds is 5. The Balaban J connectivity index is 2.64. The molecule has 2 aromatic heterocycles. The fraction of sp³-hybridized carbons (Fsp3) is 0.462.